The van der Waals surface area contributed by atoms with Gasteiger partial charge in [0.2, 0.25) is 0 Å². The molecule has 0 radical (unpaired) electrons. The number of aryl methyl sites for hydroxylation is 4. The van der Waals surface area contributed by atoms with Crippen molar-refractivity contribution in [3.05, 3.63) is 46.5 Å². The molecule has 0 bridgehead atoms. The number of benzene rings is 2. The largest absolute Gasteiger partial charge is 0.466 e. The number of hydrogen-bond acceptors (Lipinski definition) is 5. The minimum atomic E-state index is -1.48. The molecular formula is C20H26O5S. The summed E-state index contributed by atoms with van der Waals surface area (Å²) in [5.74, 6) is 1.15. The zero-order valence-electron chi connectivity index (χ0n) is 16.2. The fourth-order valence-electron chi connectivity index (χ4n) is 2.83. The lowest BCUT2D eigenvalue weighted by Crippen LogP contribution is -2.08. The third kappa shape index (κ3) is 4.63. The van der Waals surface area contributed by atoms with E-state index in [2.05, 4.69) is 0 Å². The van der Waals surface area contributed by atoms with Crippen molar-refractivity contribution in [3.63, 3.8) is 0 Å². The van der Waals surface area contributed by atoms with E-state index in [0.29, 0.717) is 21.3 Å². The highest BCUT2D eigenvalue weighted by atomic mass is 32.2. The lowest BCUT2D eigenvalue weighted by Gasteiger charge is -2.18. The molecule has 0 heterocycles. The molecule has 0 amide bonds. The second-order valence-corrected chi connectivity index (χ2v) is 7.61. The van der Waals surface area contributed by atoms with Gasteiger partial charge < -0.3 is 18.9 Å². The molecule has 0 N–H and O–H groups in total. The van der Waals surface area contributed by atoms with Crippen molar-refractivity contribution in [2.45, 2.75) is 37.5 Å². The van der Waals surface area contributed by atoms with Crippen molar-refractivity contribution in [2.24, 2.45) is 0 Å². The summed E-state index contributed by atoms with van der Waals surface area (Å²) in [5.41, 5.74) is 3.85. The third-order valence-electron chi connectivity index (χ3n) is 3.81. The van der Waals surface area contributed by atoms with Gasteiger partial charge in [-0.05, 0) is 62.1 Å². The van der Waals surface area contributed by atoms with E-state index >= 15 is 0 Å². The topological polar surface area (TPSA) is 54.0 Å². The molecule has 2 rings (SSSR count). The van der Waals surface area contributed by atoms with E-state index in [-0.39, 0.29) is 13.6 Å². The second-order valence-electron chi connectivity index (χ2n) is 6.19. The Hall–Kier alpha value is -1.89. The molecule has 0 aromatic heterocycles. The number of hydrogen-bond donors (Lipinski definition) is 0. The van der Waals surface area contributed by atoms with Crippen LogP contribution in [-0.4, -0.2) is 32.0 Å². The van der Waals surface area contributed by atoms with Crippen molar-refractivity contribution in [2.75, 3.05) is 27.8 Å². The second kappa shape index (κ2) is 9.16. The molecule has 0 atom stereocenters. The molecule has 0 aliphatic rings. The zero-order valence-corrected chi connectivity index (χ0v) is 17.0. The maximum atomic E-state index is 13.5. The molecule has 0 saturated carbocycles. The number of methoxy groups -OCH3 is 2. The molecule has 0 saturated heterocycles. The van der Waals surface area contributed by atoms with Gasteiger partial charge in [0.05, 0.1) is 20.6 Å². The third-order valence-corrected chi connectivity index (χ3v) is 5.22. The summed E-state index contributed by atoms with van der Waals surface area (Å²) in [6.07, 6.45) is 0. The normalized spacial score (nSPS) is 11.0. The maximum absolute atomic E-state index is 13.5. The van der Waals surface area contributed by atoms with E-state index in [1.165, 1.54) is 0 Å². The molecule has 5 nitrogen and oxygen atoms in total. The average Bonchev–Trinajstić information content (AvgIpc) is 2.58. The summed E-state index contributed by atoms with van der Waals surface area (Å²) in [7, 11) is 1.63. The molecule has 2 aromatic carbocycles. The molecule has 0 aliphatic heterocycles. The monoisotopic (exact) mass is 378 g/mol. The summed E-state index contributed by atoms with van der Waals surface area (Å²) < 4.78 is 35.0. The van der Waals surface area contributed by atoms with E-state index in [1.807, 2.05) is 52.0 Å². The van der Waals surface area contributed by atoms with Crippen molar-refractivity contribution in [1.29, 1.82) is 0 Å². The molecule has 0 aliphatic carbocycles. The number of rotatable bonds is 8. The fourth-order valence-corrected chi connectivity index (χ4v) is 4.43. The first-order valence-electron chi connectivity index (χ1n) is 8.26. The Morgan fingerprint density at radius 2 is 1.12 bits per heavy atom. The van der Waals surface area contributed by atoms with Crippen LogP contribution in [0.4, 0.5) is 0 Å². The zero-order chi connectivity index (χ0) is 19.3. The fraction of sp³-hybridized carbons (Fsp3) is 0.400. The Bertz CT molecular complexity index is 736. The first-order chi connectivity index (χ1) is 12.4. The molecule has 26 heavy (non-hydrogen) atoms. The molecule has 6 heteroatoms. The van der Waals surface area contributed by atoms with Crippen LogP contribution >= 0.6 is 0 Å². The van der Waals surface area contributed by atoms with E-state index in [4.69, 9.17) is 18.9 Å². The molecular weight excluding hydrogens is 352 g/mol. The van der Waals surface area contributed by atoms with Crippen molar-refractivity contribution < 1.29 is 23.2 Å². The Labute approximate surface area is 157 Å². The van der Waals surface area contributed by atoms with Gasteiger partial charge in [-0.25, -0.2) is 4.21 Å². The van der Waals surface area contributed by atoms with Gasteiger partial charge in [0, 0.05) is 14.2 Å². The van der Waals surface area contributed by atoms with Crippen molar-refractivity contribution >= 4 is 10.8 Å². The highest BCUT2D eigenvalue weighted by molar-refractivity contribution is 7.85. The average molecular weight is 378 g/mol. The van der Waals surface area contributed by atoms with Crippen LogP contribution in [0.15, 0.2) is 34.1 Å². The first kappa shape index (κ1) is 20.4. The summed E-state index contributed by atoms with van der Waals surface area (Å²) in [6.45, 7) is 7.99. The standard InChI is InChI=1S/C20H26O5S/c1-13-7-15(3)19(24-11-22-5)17(9-13)26(21)18-10-14(2)8-16(4)20(18)25-12-23-6/h7-10H,11-12H2,1-6H3. The predicted molar refractivity (Wildman–Crippen MR) is 102 cm³/mol. The van der Waals surface area contributed by atoms with Gasteiger partial charge in [-0.3, -0.25) is 0 Å². The summed E-state index contributed by atoms with van der Waals surface area (Å²) >= 11 is 0. The quantitative estimate of drug-likeness (QED) is 0.649. The van der Waals surface area contributed by atoms with E-state index < -0.39 is 10.8 Å². The van der Waals surface area contributed by atoms with E-state index in [9.17, 15) is 4.21 Å². The predicted octanol–water partition coefficient (Wildman–Crippen LogP) is 4.05. The van der Waals surface area contributed by atoms with Gasteiger partial charge in [0.25, 0.3) is 0 Å². The highest BCUT2D eigenvalue weighted by Gasteiger charge is 2.21. The smallest absolute Gasteiger partial charge is 0.188 e. The lowest BCUT2D eigenvalue weighted by atomic mass is 10.1. The minimum absolute atomic E-state index is 0.0912. The van der Waals surface area contributed by atoms with Gasteiger partial charge in [0.1, 0.15) is 11.5 Å². The molecule has 0 fully saturated rings. The van der Waals surface area contributed by atoms with Crippen LogP contribution in [0.25, 0.3) is 0 Å². The van der Waals surface area contributed by atoms with Crippen LogP contribution in [0.1, 0.15) is 22.3 Å². The summed E-state index contributed by atoms with van der Waals surface area (Å²) in [4.78, 5) is 1.21. The Kier molecular flexibility index (Phi) is 7.20. The van der Waals surface area contributed by atoms with Crippen LogP contribution in [0, 0.1) is 27.7 Å². The Balaban J connectivity index is 2.58. The van der Waals surface area contributed by atoms with Crippen LogP contribution in [-0.2, 0) is 20.3 Å². The van der Waals surface area contributed by atoms with Crippen molar-refractivity contribution in [3.8, 4) is 11.5 Å². The maximum Gasteiger partial charge on any atom is 0.188 e. The highest BCUT2D eigenvalue weighted by Crippen LogP contribution is 2.36. The summed E-state index contributed by atoms with van der Waals surface area (Å²) in [6, 6.07) is 7.75. The molecule has 2 aromatic rings. The van der Waals surface area contributed by atoms with Gasteiger partial charge in [0.15, 0.2) is 13.6 Å². The minimum Gasteiger partial charge on any atom is -0.466 e. The Morgan fingerprint density at radius 1 is 0.731 bits per heavy atom. The van der Waals surface area contributed by atoms with Crippen molar-refractivity contribution in [1.82, 2.24) is 0 Å². The molecule has 142 valence electrons. The van der Waals surface area contributed by atoms with Crippen LogP contribution in [0.2, 0.25) is 0 Å². The SMILES string of the molecule is COCOc1c(C)cc(C)cc1S(=O)c1cc(C)cc(C)c1OCOC. The van der Waals surface area contributed by atoms with E-state index in [1.54, 1.807) is 14.2 Å². The van der Waals surface area contributed by atoms with Gasteiger partial charge in [-0.15, -0.1) is 0 Å². The van der Waals surface area contributed by atoms with Crippen LogP contribution < -0.4 is 9.47 Å². The number of ether oxygens (including phenoxy) is 4. The van der Waals surface area contributed by atoms with Gasteiger partial charge in [-0.2, -0.15) is 0 Å². The van der Waals surface area contributed by atoms with E-state index in [0.717, 1.165) is 22.3 Å². The van der Waals surface area contributed by atoms with Crippen LogP contribution in [0.5, 0.6) is 11.5 Å². The van der Waals surface area contributed by atoms with Crippen LogP contribution in [0.3, 0.4) is 0 Å². The lowest BCUT2D eigenvalue weighted by molar-refractivity contribution is 0.0482. The van der Waals surface area contributed by atoms with Gasteiger partial charge >= 0.3 is 0 Å². The summed E-state index contributed by atoms with van der Waals surface area (Å²) in [5, 5.41) is 0. The van der Waals surface area contributed by atoms with Gasteiger partial charge in [-0.1, -0.05) is 12.1 Å². The molecule has 0 spiro atoms. The Morgan fingerprint density at radius 3 is 1.46 bits per heavy atom. The first-order valence-corrected chi connectivity index (χ1v) is 9.41. The molecule has 0 unspecified atom stereocenters.